The highest BCUT2D eigenvalue weighted by atomic mass is 32.1. The van der Waals surface area contributed by atoms with Gasteiger partial charge in [-0.15, -0.1) is 0 Å². The van der Waals surface area contributed by atoms with Gasteiger partial charge in [-0.1, -0.05) is 23.5 Å². The lowest BCUT2D eigenvalue weighted by atomic mass is 10.1. The Balaban J connectivity index is 1.97. The Hall–Kier alpha value is -3.06. The summed E-state index contributed by atoms with van der Waals surface area (Å²) in [5, 5.41) is 0. The maximum atomic E-state index is 12.5. The summed E-state index contributed by atoms with van der Waals surface area (Å²) in [6.45, 7) is 3.54. The van der Waals surface area contributed by atoms with Gasteiger partial charge in [0.2, 0.25) is 0 Å². The fourth-order valence-corrected chi connectivity index (χ4v) is 3.64. The molecule has 1 aromatic heterocycles. The third-order valence-electron chi connectivity index (χ3n) is 4.06. The second kappa shape index (κ2) is 7.67. The topological polar surface area (TPSA) is 77.7 Å². The standard InChI is InChI=1S/C20H18N2O4S/c1-4-26-19(25)15-9-10-16-17(11-15)27-20(22(16)3)21-18(24)14-7-5-13(6-8-14)12(2)23/h5-11H,4H2,1-3H3. The number of nitrogens with zero attached hydrogens (tertiary/aromatic N) is 2. The van der Waals surface area contributed by atoms with Crippen LogP contribution in [0.25, 0.3) is 10.2 Å². The molecular weight excluding hydrogens is 364 g/mol. The van der Waals surface area contributed by atoms with Crippen molar-refractivity contribution in [1.82, 2.24) is 4.57 Å². The van der Waals surface area contributed by atoms with Gasteiger partial charge in [-0.25, -0.2) is 4.79 Å². The van der Waals surface area contributed by atoms with Crippen LogP contribution >= 0.6 is 11.3 Å². The molecule has 0 saturated heterocycles. The van der Waals surface area contributed by atoms with Crippen LogP contribution in [0.1, 0.15) is 44.9 Å². The first-order valence-corrected chi connectivity index (χ1v) is 9.19. The van der Waals surface area contributed by atoms with E-state index in [4.69, 9.17) is 4.74 Å². The lowest BCUT2D eigenvalue weighted by Crippen LogP contribution is -2.13. The average molecular weight is 382 g/mol. The van der Waals surface area contributed by atoms with Gasteiger partial charge in [0.15, 0.2) is 10.6 Å². The zero-order valence-corrected chi connectivity index (χ0v) is 16.0. The lowest BCUT2D eigenvalue weighted by Gasteiger charge is -2.01. The summed E-state index contributed by atoms with van der Waals surface area (Å²) in [5.74, 6) is -0.826. The average Bonchev–Trinajstić information content (AvgIpc) is 2.97. The maximum absolute atomic E-state index is 12.5. The van der Waals surface area contributed by atoms with Crippen LogP contribution < -0.4 is 4.80 Å². The lowest BCUT2D eigenvalue weighted by molar-refractivity contribution is 0.0526. The highest BCUT2D eigenvalue weighted by molar-refractivity contribution is 7.16. The molecule has 0 saturated carbocycles. The Kier molecular flexibility index (Phi) is 5.32. The number of carbonyl (C=O) groups is 3. The number of amides is 1. The number of fused-ring (bicyclic) bond motifs is 1. The number of esters is 1. The Bertz CT molecular complexity index is 1110. The molecule has 0 unspecified atom stereocenters. The van der Waals surface area contributed by atoms with E-state index < -0.39 is 5.91 Å². The normalized spacial score (nSPS) is 11.6. The van der Waals surface area contributed by atoms with Crippen LogP contribution in [0.3, 0.4) is 0 Å². The van der Waals surface area contributed by atoms with Crippen molar-refractivity contribution in [1.29, 1.82) is 0 Å². The first-order chi connectivity index (χ1) is 12.9. The number of aromatic nitrogens is 1. The zero-order chi connectivity index (χ0) is 19.6. The van der Waals surface area contributed by atoms with Gasteiger partial charge in [0.05, 0.1) is 22.4 Å². The number of hydrogen-bond donors (Lipinski definition) is 0. The van der Waals surface area contributed by atoms with Crippen LogP contribution in [-0.4, -0.2) is 28.8 Å². The smallest absolute Gasteiger partial charge is 0.338 e. The van der Waals surface area contributed by atoms with Crippen molar-refractivity contribution >= 4 is 39.2 Å². The van der Waals surface area contributed by atoms with Crippen LogP contribution in [-0.2, 0) is 11.8 Å². The third-order valence-corrected chi connectivity index (χ3v) is 5.15. The summed E-state index contributed by atoms with van der Waals surface area (Å²) in [5.41, 5.74) is 2.28. The first-order valence-electron chi connectivity index (χ1n) is 8.37. The number of hydrogen-bond acceptors (Lipinski definition) is 5. The molecule has 0 atom stereocenters. The zero-order valence-electron chi connectivity index (χ0n) is 15.2. The van der Waals surface area contributed by atoms with Crippen molar-refractivity contribution in [2.75, 3.05) is 6.61 Å². The van der Waals surface area contributed by atoms with Gasteiger partial charge in [-0.05, 0) is 44.2 Å². The van der Waals surface area contributed by atoms with Gasteiger partial charge < -0.3 is 9.30 Å². The molecule has 27 heavy (non-hydrogen) atoms. The summed E-state index contributed by atoms with van der Waals surface area (Å²) >= 11 is 1.32. The summed E-state index contributed by atoms with van der Waals surface area (Å²) in [6.07, 6.45) is 0. The Morgan fingerprint density at radius 1 is 1.04 bits per heavy atom. The molecule has 3 aromatic rings. The summed E-state index contributed by atoms with van der Waals surface area (Å²) in [7, 11) is 1.81. The van der Waals surface area contributed by atoms with E-state index >= 15 is 0 Å². The summed E-state index contributed by atoms with van der Waals surface area (Å²) in [6, 6.07) is 11.7. The predicted octanol–water partition coefficient (Wildman–Crippen LogP) is 3.36. The largest absolute Gasteiger partial charge is 0.462 e. The van der Waals surface area contributed by atoms with E-state index in [1.165, 1.54) is 18.3 Å². The second-order valence-corrected chi connectivity index (χ2v) is 6.91. The van der Waals surface area contributed by atoms with Gasteiger partial charge in [0.25, 0.3) is 5.91 Å². The minimum Gasteiger partial charge on any atom is -0.462 e. The molecule has 0 radical (unpaired) electrons. The number of carbonyl (C=O) groups excluding carboxylic acids is 3. The molecule has 0 aliphatic rings. The van der Waals surface area contributed by atoms with Gasteiger partial charge in [0, 0.05) is 18.2 Å². The number of aryl methyl sites for hydroxylation is 1. The molecule has 2 aromatic carbocycles. The molecular formula is C20H18N2O4S. The van der Waals surface area contributed by atoms with Crippen LogP contribution in [0.4, 0.5) is 0 Å². The van der Waals surface area contributed by atoms with E-state index in [0.717, 1.165) is 10.2 Å². The number of rotatable bonds is 4. The van der Waals surface area contributed by atoms with E-state index in [0.29, 0.717) is 28.1 Å². The molecule has 138 valence electrons. The molecule has 7 heteroatoms. The molecule has 6 nitrogen and oxygen atoms in total. The molecule has 0 N–H and O–H groups in total. The summed E-state index contributed by atoms with van der Waals surface area (Å²) < 4.78 is 7.66. The summed E-state index contributed by atoms with van der Waals surface area (Å²) in [4.78, 5) is 40.4. The molecule has 0 aliphatic heterocycles. The van der Waals surface area contributed by atoms with Gasteiger partial charge in [-0.2, -0.15) is 4.99 Å². The van der Waals surface area contributed by atoms with Crippen molar-refractivity contribution in [3.63, 3.8) is 0 Å². The molecule has 0 spiro atoms. The SMILES string of the molecule is CCOC(=O)c1ccc2c(c1)sc(=NC(=O)c1ccc(C(C)=O)cc1)n2C. The van der Waals surface area contributed by atoms with Crippen molar-refractivity contribution in [2.24, 2.45) is 12.0 Å². The quantitative estimate of drug-likeness (QED) is 0.512. The van der Waals surface area contributed by atoms with Crippen molar-refractivity contribution in [2.45, 2.75) is 13.8 Å². The molecule has 3 rings (SSSR count). The highest BCUT2D eigenvalue weighted by Crippen LogP contribution is 2.19. The second-order valence-electron chi connectivity index (χ2n) is 5.90. The van der Waals surface area contributed by atoms with E-state index in [9.17, 15) is 14.4 Å². The molecule has 1 heterocycles. The van der Waals surface area contributed by atoms with E-state index in [-0.39, 0.29) is 11.8 Å². The Morgan fingerprint density at radius 3 is 2.30 bits per heavy atom. The number of benzene rings is 2. The number of Topliss-reactive ketones (excluding diaryl/α,β-unsaturated/α-hetero) is 1. The van der Waals surface area contributed by atoms with E-state index in [2.05, 4.69) is 4.99 Å². The monoisotopic (exact) mass is 382 g/mol. The van der Waals surface area contributed by atoms with Crippen LogP contribution in [0, 0.1) is 0 Å². The molecule has 0 fully saturated rings. The molecule has 1 amide bonds. The number of thiazole rings is 1. The van der Waals surface area contributed by atoms with Crippen molar-refractivity contribution < 1.29 is 19.1 Å². The Morgan fingerprint density at radius 2 is 1.67 bits per heavy atom. The third kappa shape index (κ3) is 3.88. The van der Waals surface area contributed by atoms with E-state index in [1.807, 2.05) is 13.1 Å². The van der Waals surface area contributed by atoms with Crippen LogP contribution in [0.5, 0.6) is 0 Å². The highest BCUT2D eigenvalue weighted by Gasteiger charge is 2.11. The Labute approximate surface area is 159 Å². The van der Waals surface area contributed by atoms with Crippen molar-refractivity contribution in [3.05, 3.63) is 64.0 Å². The van der Waals surface area contributed by atoms with Crippen LogP contribution in [0.15, 0.2) is 47.5 Å². The first kappa shape index (κ1) is 18.7. The fourth-order valence-electron chi connectivity index (χ4n) is 2.58. The molecule has 0 bridgehead atoms. The number of ketones is 1. The van der Waals surface area contributed by atoms with E-state index in [1.54, 1.807) is 47.9 Å². The predicted molar refractivity (Wildman–Crippen MR) is 103 cm³/mol. The van der Waals surface area contributed by atoms with Gasteiger partial charge >= 0.3 is 5.97 Å². The minimum atomic E-state index is -0.391. The number of ether oxygens (including phenoxy) is 1. The van der Waals surface area contributed by atoms with Crippen molar-refractivity contribution in [3.8, 4) is 0 Å². The van der Waals surface area contributed by atoms with Crippen LogP contribution in [0.2, 0.25) is 0 Å². The molecule has 0 aliphatic carbocycles. The van der Waals surface area contributed by atoms with Gasteiger partial charge in [-0.3, -0.25) is 9.59 Å². The minimum absolute atomic E-state index is 0.0563. The fraction of sp³-hybridized carbons (Fsp3) is 0.200. The maximum Gasteiger partial charge on any atom is 0.338 e. The van der Waals surface area contributed by atoms with Gasteiger partial charge in [0.1, 0.15) is 0 Å².